The summed E-state index contributed by atoms with van der Waals surface area (Å²) in [5, 5.41) is 0.560. The van der Waals surface area contributed by atoms with Crippen LogP contribution in [0.25, 0.3) is 11.7 Å². The lowest BCUT2D eigenvalue weighted by Gasteiger charge is -2.18. The Labute approximate surface area is 205 Å². The van der Waals surface area contributed by atoms with Crippen molar-refractivity contribution in [2.45, 2.75) is 35.8 Å². The molecule has 1 aromatic carbocycles. The maximum Gasteiger partial charge on any atom is 0.266 e. The molecule has 1 amide bonds. The standard InChI is InChI=1S/C24H21N3O3S3/c1-15-7-5-11-26-20(15)25-21(32-17-9-3-2-4-10-17)18(22(26)28)13-19-23(29)27(24(31)33-19)14-16-8-6-12-30-16/h2-5,7,9-11,13,16H,6,8,12,14H2,1H3. The molecule has 2 saturated heterocycles. The molecule has 33 heavy (non-hydrogen) atoms. The third-order valence-electron chi connectivity index (χ3n) is 5.57. The van der Waals surface area contributed by atoms with Crippen molar-refractivity contribution in [3.05, 3.63) is 75.0 Å². The number of thiocarbonyl (C=S) groups is 1. The average Bonchev–Trinajstić information content (AvgIpc) is 3.42. The van der Waals surface area contributed by atoms with Gasteiger partial charge in [0.2, 0.25) is 0 Å². The Hall–Kier alpha value is -2.46. The van der Waals surface area contributed by atoms with Crippen molar-refractivity contribution in [2.24, 2.45) is 0 Å². The molecule has 2 aromatic heterocycles. The van der Waals surface area contributed by atoms with Gasteiger partial charge in [-0.3, -0.25) is 18.9 Å². The van der Waals surface area contributed by atoms with Gasteiger partial charge >= 0.3 is 0 Å². The number of carbonyl (C=O) groups is 1. The van der Waals surface area contributed by atoms with Crippen LogP contribution in [0.4, 0.5) is 0 Å². The number of benzene rings is 1. The van der Waals surface area contributed by atoms with E-state index in [1.54, 1.807) is 17.2 Å². The van der Waals surface area contributed by atoms with Gasteiger partial charge in [0, 0.05) is 17.7 Å². The SMILES string of the molecule is Cc1cccn2c(=O)c(C=C3SC(=S)N(CC4CCCO4)C3=O)c(Sc3ccccc3)nc12. The van der Waals surface area contributed by atoms with E-state index < -0.39 is 0 Å². The van der Waals surface area contributed by atoms with E-state index in [0.29, 0.717) is 38.6 Å². The first kappa shape index (κ1) is 22.3. The van der Waals surface area contributed by atoms with Crippen LogP contribution < -0.4 is 5.56 Å². The number of aryl methyl sites for hydroxylation is 1. The van der Waals surface area contributed by atoms with Crippen LogP contribution in [0.5, 0.6) is 0 Å². The highest BCUT2D eigenvalue weighted by Crippen LogP contribution is 2.35. The van der Waals surface area contributed by atoms with Crippen LogP contribution in [-0.2, 0) is 9.53 Å². The zero-order chi connectivity index (χ0) is 22.9. The fourth-order valence-electron chi connectivity index (χ4n) is 3.87. The molecule has 0 radical (unpaired) electrons. The smallest absolute Gasteiger partial charge is 0.266 e. The van der Waals surface area contributed by atoms with E-state index in [9.17, 15) is 9.59 Å². The fourth-order valence-corrected chi connectivity index (χ4v) is 6.04. The van der Waals surface area contributed by atoms with Crippen molar-refractivity contribution in [2.75, 3.05) is 13.2 Å². The van der Waals surface area contributed by atoms with Gasteiger partial charge in [0.15, 0.2) is 0 Å². The van der Waals surface area contributed by atoms with Gasteiger partial charge in [-0.15, -0.1) is 0 Å². The van der Waals surface area contributed by atoms with E-state index in [1.807, 2.05) is 49.4 Å². The Morgan fingerprint density at radius 1 is 1.24 bits per heavy atom. The third kappa shape index (κ3) is 4.50. The Balaban J connectivity index is 1.58. The number of ether oxygens (including phenoxy) is 1. The van der Waals surface area contributed by atoms with Crippen LogP contribution >= 0.6 is 35.7 Å². The Morgan fingerprint density at radius 2 is 2.06 bits per heavy atom. The van der Waals surface area contributed by atoms with Gasteiger partial charge in [-0.25, -0.2) is 4.98 Å². The highest BCUT2D eigenvalue weighted by Gasteiger charge is 2.35. The van der Waals surface area contributed by atoms with Crippen LogP contribution in [0.15, 0.2) is 68.3 Å². The molecule has 0 spiro atoms. The molecular weight excluding hydrogens is 474 g/mol. The van der Waals surface area contributed by atoms with Crippen LogP contribution in [0.1, 0.15) is 24.0 Å². The van der Waals surface area contributed by atoms with Crippen molar-refractivity contribution >= 4 is 57.7 Å². The number of rotatable bonds is 5. The Bertz CT molecular complexity index is 1330. The lowest BCUT2D eigenvalue weighted by molar-refractivity contribution is -0.123. The normalized spacial score (nSPS) is 19.8. The van der Waals surface area contributed by atoms with E-state index in [-0.39, 0.29) is 17.6 Å². The minimum Gasteiger partial charge on any atom is -0.376 e. The summed E-state index contributed by atoms with van der Waals surface area (Å²) in [6.45, 7) is 3.09. The first-order valence-electron chi connectivity index (χ1n) is 10.6. The topological polar surface area (TPSA) is 63.9 Å². The summed E-state index contributed by atoms with van der Waals surface area (Å²) in [7, 11) is 0. The average molecular weight is 496 g/mol. The molecule has 1 unspecified atom stereocenters. The Kier molecular flexibility index (Phi) is 6.38. The molecule has 1 atom stereocenters. The highest BCUT2D eigenvalue weighted by molar-refractivity contribution is 8.26. The third-order valence-corrected chi connectivity index (χ3v) is 7.96. The summed E-state index contributed by atoms with van der Waals surface area (Å²) in [5.74, 6) is -0.190. The van der Waals surface area contributed by atoms with Crippen molar-refractivity contribution < 1.29 is 9.53 Å². The highest BCUT2D eigenvalue weighted by atomic mass is 32.2. The van der Waals surface area contributed by atoms with Gasteiger partial charge in [0.25, 0.3) is 11.5 Å². The quantitative estimate of drug-likeness (QED) is 0.293. The molecule has 2 fully saturated rings. The molecule has 0 bridgehead atoms. The minimum absolute atomic E-state index is 0.00647. The molecule has 6 nitrogen and oxygen atoms in total. The molecule has 3 aromatic rings. The second-order valence-electron chi connectivity index (χ2n) is 7.86. The number of pyridine rings is 1. The van der Waals surface area contributed by atoms with Crippen LogP contribution in [0.2, 0.25) is 0 Å². The van der Waals surface area contributed by atoms with E-state index in [2.05, 4.69) is 0 Å². The molecular formula is C24H21N3O3S3. The van der Waals surface area contributed by atoms with E-state index in [1.165, 1.54) is 27.9 Å². The van der Waals surface area contributed by atoms with Crippen molar-refractivity contribution in [3.8, 4) is 0 Å². The lowest BCUT2D eigenvalue weighted by atomic mass is 10.2. The molecule has 2 aliphatic heterocycles. The summed E-state index contributed by atoms with van der Waals surface area (Å²) < 4.78 is 7.70. The Morgan fingerprint density at radius 3 is 2.82 bits per heavy atom. The van der Waals surface area contributed by atoms with Gasteiger partial charge < -0.3 is 4.74 Å². The number of aromatic nitrogens is 2. The van der Waals surface area contributed by atoms with E-state index >= 15 is 0 Å². The first-order chi connectivity index (χ1) is 16.0. The zero-order valence-corrected chi connectivity index (χ0v) is 20.3. The predicted octanol–water partition coefficient (Wildman–Crippen LogP) is 4.53. The molecule has 0 aliphatic carbocycles. The monoisotopic (exact) mass is 495 g/mol. The summed E-state index contributed by atoms with van der Waals surface area (Å²) >= 11 is 8.11. The molecule has 9 heteroatoms. The molecule has 168 valence electrons. The predicted molar refractivity (Wildman–Crippen MR) is 136 cm³/mol. The molecule has 2 aliphatic rings. The van der Waals surface area contributed by atoms with Crippen LogP contribution in [0.3, 0.4) is 0 Å². The number of thioether (sulfide) groups is 1. The van der Waals surface area contributed by atoms with Gasteiger partial charge in [-0.2, -0.15) is 0 Å². The molecule has 4 heterocycles. The second kappa shape index (κ2) is 9.42. The summed E-state index contributed by atoms with van der Waals surface area (Å²) in [5.41, 5.74) is 1.67. The number of nitrogens with zero attached hydrogens (tertiary/aromatic N) is 3. The van der Waals surface area contributed by atoms with Gasteiger partial charge in [-0.1, -0.05) is 60.0 Å². The van der Waals surface area contributed by atoms with Crippen molar-refractivity contribution in [1.29, 1.82) is 0 Å². The number of hydrogen-bond donors (Lipinski definition) is 0. The first-order valence-corrected chi connectivity index (χ1v) is 12.7. The second-order valence-corrected chi connectivity index (χ2v) is 10.6. The van der Waals surface area contributed by atoms with Crippen LogP contribution in [0, 0.1) is 6.92 Å². The number of fused-ring (bicyclic) bond motifs is 1. The maximum absolute atomic E-state index is 13.5. The van der Waals surface area contributed by atoms with Gasteiger partial charge in [0.1, 0.15) is 15.0 Å². The number of carbonyl (C=O) groups excluding carboxylic acids is 1. The largest absolute Gasteiger partial charge is 0.376 e. The van der Waals surface area contributed by atoms with Gasteiger partial charge in [-0.05, 0) is 49.6 Å². The summed E-state index contributed by atoms with van der Waals surface area (Å²) in [4.78, 5) is 34.5. The minimum atomic E-state index is -0.216. The maximum atomic E-state index is 13.5. The van der Waals surface area contributed by atoms with Gasteiger partial charge in [0.05, 0.1) is 23.1 Å². The van der Waals surface area contributed by atoms with E-state index in [0.717, 1.165) is 23.3 Å². The molecule has 5 rings (SSSR count). The van der Waals surface area contributed by atoms with Crippen molar-refractivity contribution in [1.82, 2.24) is 14.3 Å². The number of amides is 1. The molecule has 0 N–H and O–H groups in total. The van der Waals surface area contributed by atoms with E-state index in [4.69, 9.17) is 21.9 Å². The van der Waals surface area contributed by atoms with Crippen molar-refractivity contribution in [3.63, 3.8) is 0 Å². The zero-order valence-electron chi connectivity index (χ0n) is 17.9. The molecule has 0 saturated carbocycles. The fraction of sp³-hybridized carbons (Fsp3) is 0.250. The van der Waals surface area contributed by atoms with Crippen LogP contribution in [-0.4, -0.2) is 43.8 Å². The number of hydrogen-bond acceptors (Lipinski definition) is 7. The summed E-state index contributed by atoms with van der Waals surface area (Å²) in [6, 6.07) is 13.5. The summed E-state index contributed by atoms with van der Waals surface area (Å²) in [6.07, 6.45) is 5.27. The lowest BCUT2D eigenvalue weighted by Crippen LogP contribution is -2.35.